The Labute approximate surface area is 163 Å². The molecule has 0 bridgehead atoms. The van der Waals surface area contributed by atoms with Gasteiger partial charge in [0.25, 0.3) is 5.91 Å². The molecule has 6 nitrogen and oxygen atoms in total. The molecule has 0 unspecified atom stereocenters. The molecule has 0 saturated heterocycles. The van der Waals surface area contributed by atoms with Crippen molar-refractivity contribution < 1.29 is 4.79 Å². The molecular formula is C18H24ClN5OS. The van der Waals surface area contributed by atoms with Crippen molar-refractivity contribution in [1.82, 2.24) is 20.9 Å². The lowest BCUT2D eigenvalue weighted by Gasteiger charge is -2.12. The van der Waals surface area contributed by atoms with Crippen molar-refractivity contribution in [3.05, 3.63) is 50.4 Å². The second-order valence-corrected chi connectivity index (χ2v) is 7.36. The molecule has 1 aromatic carbocycles. The molecule has 1 amide bonds. The summed E-state index contributed by atoms with van der Waals surface area (Å²) >= 11 is 7.74. The monoisotopic (exact) mass is 393 g/mol. The molecule has 2 rings (SSSR count). The molecule has 1 heterocycles. The first-order chi connectivity index (χ1) is 12.5. The Kier molecular flexibility index (Phi) is 7.87. The lowest BCUT2D eigenvalue weighted by atomic mass is 10.2. The Morgan fingerprint density at radius 3 is 2.50 bits per heavy atom. The Morgan fingerprint density at radius 1 is 1.15 bits per heavy atom. The summed E-state index contributed by atoms with van der Waals surface area (Å²) in [6, 6.07) is 6.99. The van der Waals surface area contributed by atoms with Gasteiger partial charge in [0, 0.05) is 38.0 Å². The molecule has 0 aliphatic rings. The van der Waals surface area contributed by atoms with E-state index < -0.39 is 0 Å². The fourth-order valence-electron chi connectivity index (χ4n) is 2.25. The summed E-state index contributed by atoms with van der Waals surface area (Å²) in [4.78, 5) is 22.0. The van der Waals surface area contributed by atoms with Crippen LogP contribution < -0.4 is 16.0 Å². The van der Waals surface area contributed by atoms with Gasteiger partial charge in [-0.3, -0.25) is 9.79 Å². The van der Waals surface area contributed by atoms with E-state index in [0.29, 0.717) is 29.6 Å². The number of rotatable bonds is 7. The number of aryl methyl sites for hydroxylation is 2. The van der Waals surface area contributed by atoms with E-state index in [-0.39, 0.29) is 5.91 Å². The molecule has 0 radical (unpaired) electrons. The molecule has 0 atom stereocenters. The van der Waals surface area contributed by atoms with Crippen LogP contribution in [0.5, 0.6) is 0 Å². The number of hydrogen-bond donors (Lipinski definition) is 3. The summed E-state index contributed by atoms with van der Waals surface area (Å²) in [5.74, 6) is 0.511. The summed E-state index contributed by atoms with van der Waals surface area (Å²) in [5.41, 5.74) is 1.58. The Hall–Kier alpha value is -2.12. The van der Waals surface area contributed by atoms with Crippen molar-refractivity contribution in [2.45, 2.75) is 20.3 Å². The third-order valence-electron chi connectivity index (χ3n) is 3.75. The van der Waals surface area contributed by atoms with Gasteiger partial charge in [-0.05, 0) is 26.0 Å². The summed E-state index contributed by atoms with van der Waals surface area (Å²) < 4.78 is 0. The highest BCUT2D eigenvalue weighted by Gasteiger charge is 2.08. The summed E-state index contributed by atoms with van der Waals surface area (Å²) in [7, 11) is 1.72. The van der Waals surface area contributed by atoms with Crippen molar-refractivity contribution in [1.29, 1.82) is 0 Å². The van der Waals surface area contributed by atoms with Gasteiger partial charge in [-0.15, -0.1) is 11.3 Å². The predicted molar refractivity (Wildman–Crippen MR) is 108 cm³/mol. The number of nitrogens with zero attached hydrogens (tertiary/aromatic N) is 2. The van der Waals surface area contributed by atoms with E-state index in [1.807, 2.05) is 6.92 Å². The molecule has 2 aromatic rings. The summed E-state index contributed by atoms with van der Waals surface area (Å²) in [6.07, 6.45) is 0.850. The largest absolute Gasteiger partial charge is 0.356 e. The minimum atomic E-state index is -0.185. The molecule has 3 N–H and O–H groups in total. The van der Waals surface area contributed by atoms with Gasteiger partial charge in [0.05, 0.1) is 21.3 Å². The minimum absolute atomic E-state index is 0.185. The molecule has 26 heavy (non-hydrogen) atoms. The zero-order valence-corrected chi connectivity index (χ0v) is 16.8. The standard InChI is InChI=1S/C18H24ClN5OS/c1-12-13(2)26-16(24-12)8-9-22-18(20-3)23-11-10-21-17(25)14-6-4-5-7-15(14)19/h4-7H,8-11H2,1-3H3,(H,21,25)(H2,20,22,23). The zero-order chi connectivity index (χ0) is 18.9. The number of nitrogens with one attached hydrogen (secondary N) is 3. The number of aromatic nitrogens is 1. The van der Waals surface area contributed by atoms with Gasteiger partial charge in [0.2, 0.25) is 0 Å². The van der Waals surface area contributed by atoms with Crippen LogP contribution in [0.25, 0.3) is 0 Å². The molecule has 140 valence electrons. The topological polar surface area (TPSA) is 78.4 Å². The molecule has 0 saturated carbocycles. The van der Waals surface area contributed by atoms with Gasteiger partial charge in [0.15, 0.2) is 5.96 Å². The number of halogens is 1. The van der Waals surface area contributed by atoms with Crippen molar-refractivity contribution in [2.75, 3.05) is 26.7 Å². The van der Waals surface area contributed by atoms with Gasteiger partial charge in [-0.25, -0.2) is 4.98 Å². The first kappa shape index (κ1) is 20.2. The van der Waals surface area contributed by atoms with E-state index in [9.17, 15) is 4.79 Å². The van der Waals surface area contributed by atoms with Crippen molar-refractivity contribution in [3.63, 3.8) is 0 Å². The van der Waals surface area contributed by atoms with Crippen LogP contribution >= 0.6 is 22.9 Å². The molecule has 0 spiro atoms. The quantitative estimate of drug-likeness (QED) is 0.384. The molecule has 0 fully saturated rings. The van der Waals surface area contributed by atoms with Gasteiger partial charge < -0.3 is 16.0 Å². The average Bonchev–Trinajstić information content (AvgIpc) is 2.95. The Balaban J connectivity index is 1.67. The van der Waals surface area contributed by atoms with E-state index in [1.54, 1.807) is 42.6 Å². The number of hydrogen-bond acceptors (Lipinski definition) is 4. The van der Waals surface area contributed by atoms with Gasteiger partial charge in [-0.1, -0.05) is 23.7 Å². The normalized spacial score (nSPS) is 11.3. The number of benzene rings is 1. The molecular weight excluding hydrogens is 370 g/mol. The second-order valence-electron chi connectivity index (χ2n) is 5.66. The second kappa shape index (κ2) is 10.1. The SMILES string of the molecule is CN=C(NCCNC(=O)c1ccccc1Cl)NCCc1nc(C)c(C)s1. The average molecular weight is 394 g/mol. The van der Waals surface area contributed by atoms with Crippen molar-refractivity contribution >= 4 is 34.8 Å². The van der Waals surface area contributed by atoms with Gasteiger partial charge >= 0.3 is 0 Å². The maximum atomic E-state index is 12.1. The number of aliphatic imine (C=N–C) groups is 1. The van der Waals surface area contributed by atoms with E-state index >= 15 is 0 Å². The highest BCUT2D eigenvalue weighted by molar-refractivity contribution is 7.11. The zero-order valence-electron chi connectivity index (χ0n) is 15.2. The van der Waals surface area contributed by atoms with E-state index in [2.05, 4.69) is 32.9 Å². The number of carbonyl (C=O) groups excluding carboxylic acids is 1. The fourth-order valence-corrected chi connectivity index (χ4v) is 3.41. The van der Waals surface area contributed by atoms with Crippen molar-refractivity contribution in [3.8, 4) is 0 Å². The first-order valence-corrected chi connectivity index (χ1v) is 9.61. The molecule has 1 aromatic heterocycles. The van der Waals surface area contributed by atoms with E-state index in [1.165, 1.54) is 4.88 Å². The Morgan fingerprint density at radius 2 is 1.85 bits per heavy atom. The molecule has 0 aliphatic heterocycles. The number of amides is 1. The van der Waals surface area contributed by atoms with Crippen LogP contribution in [-0.4, -0.2) is 43.5 Å². The third-order valence-corrected chi connectivity index (χ3v) is 5.21. The van der Waals surface area contributed by atoms with Crippen LogP contribution in [0.1, 0.15) is 25.9 Å². The van der Waals surface area contributed by atoms with Crippen LogP contribution in [0.2, 0.25) is 5.02 Å². The van der Waals surface area contributed by atoms with Crippen LogP contribution in [0.4, 0.5) is 0 Å². The lowest BCUT2D eigenvalue weighted by Crippen LogP contribution is -2.42. The highest BCUT2D eigenvalue weighted by atomic mass is 35.5. The van der Waals surface area contributed by atoms with Gasteiger partial charge in [-0.2, -0.15) is 0 Å². The summed E-state index contributed by atoms with van der Waals surface area (Å²) in [5, 5.41) is 10.8. The maximum Gasteiger partial charge on any atom is 0.252 e. The van der Waals surface area contributed by atoms with Gasteiger partial charge in [0.1, 0.15) is 0 Å². The smallest absolute Gasteiger partial charge is 0.252 e. The predicted octanol–water partition coefficient (Wildman–Crippen LogP) is 2.55. The van der Waals surface area contributed by atoms with Crippen molar-refractivity contribution in [2.24, 2.45) is 4.99 Å². The summed E-state index contributed by atoms with van der Waals surface area (Å²) in [6.45, 7) is 5.89. The molecule has 0 aliphatic carbocycles. The minimum Gasteiger partial charge on any atom is -0.356 e. The van der Waals surface area contributed by atoms with E-state index in [4.69, 9.17) is 11.6 Å². The number of guanidine groups is 1. The molecule has 8 heteroatoms. The van der Waals surface area contributed by atoms with Crippen LogP contribution in [-0.2, 0) is 6.42 Å². The number of thiazole rings is 1. The lowest BCUT2D eigenvalue weighted by molar-refractivity contribution is 0.0954. The van der Waals surface area contributed by atoms with Crippen LogP contribution in [0, 0.1) is 13.8 Å². The Bertz CT molecular complexity index is 755. The van der Waals surface area contributed by atoms with Crippen LogP contribution in [0.3, 0.4) is 0 Å². The third kappa shape index (κ3) is 6.00. The highest BCUT2D eigenvalue weighted by Crippen LogP contribution is 2.16. The first-order valence-electron chi connectivity index (χ1n) is 8.41. The number of carbonyl (C=O) groups is 1. The maximum absolute atomic E-state index is 12.1. The fraction of sp³-hybridized carbons (Fsp3) is 0.389. The van der Waals surface area contributed by atoms with Crippen LogP contribution in [0.15, 0.2) is 29.3 Å². The van der Waals surface area contributed by atoms with E-state index in [0.717, 1.165) is 23.7 Å².